The molecule has 3 heterocycles. The van der Waals surface area contributed by atoms with Gasteiger partial charge in [0.25, 0.3) is 5.91 Å². The molecular formula is C19H19N5OS. The molecule has 0 fully saturated rings. The van der Waals surface area contributed by atoms with Crippen LogP contribution in [0.1, 0.15) is 33.7 Å². The first-order valence-corrected chi connectivity index (χ1v) is 9.32. The molecule has 0 bridgehead atoms. The maximum Gasteiger partial charge on any atom is 0.268 e. The van der Waals surface area contributed by atoms with E-state index in [0.29, 0.717) is 10.8 Å². The highest BCUT2D eigenvalue weighted by molar-refractivity contribution is 7.20. The summed E-state index contributed by atoms with van der Waals surface area (Å²) < 4.78 is 2.01. The summed E-state index contributed by atoms with van der Waals surface area (Å²) in [5.41, 5.74) is 3.70. The Balaban J connectivity index is 1.77. The molecule has 1 aromatic carbocycles. The number of para-hydroxylation sites is 2. The summed E-state index contributed by atoms with van der Waals surface area (Å²) in [5.74, 6) is 1.12. The van der Waals surface area contributed by atoms with Gasteiger partial charge >= 0.3 is 0 Å². The molecule has 0 aliphatic heterocycles. The molecule has 0 spiro atoms. The Kier molecular flexibility index (Phi) is 3.96. The van der Waals surface area contributed by atoms with Crippen LogP contribution in [0, 0.1) is 20.8 Å². The van der Waals surface area contributed by atoms with Crippen molar-refractivity contribution < 1.29 is 4.79 Å². The lowest BCUT2D eigenvalue weighted by Gasteiger charge is -2.07. The van der Waals surface area contributed by atoms with Gasteiger partial charge in [0.1, 0.15) is 10.7 Å². The summed E-state index contributed by atoms with van der Waals surface area (Å²) in [6.45, 7) is 8.53. The molecule has 1 N–H and O–H groups in total. The number of carbonyl (C=O) groups excluding carboxylic acids is 1. The number of carbonyl (C=O) groups is 1. The van der Waals surface area contributed by atoms with Gasteiger partial charge in [-0.05, 0) is 45.4 Å². The predicted octanol–water partition coefficient (Wildman–Crippen LogP) is 4.24. The summed E-state index contributed by atoms with van der Waals surface area (Å²) >= 11 is 1.40. The highest BCUT2D eigenvalue weighted by Crippen LogP contribution is 2.32. The van der Waals surface area contributed by atoms with E-state index in [1.165, 1.54) is 11.3 Å². The molecule has 0 saturated carbocycles. The lowest BCUT2D eigenvalue weighted by atomic mass is 10.1. The zero-order chi connectivity index (χ0) is 18.4. The van der Waals surface area contributed by atoms with Gasteiger partial charge in [-0.25, -0.2) is 15.0 Å². The number of fused-ring (bicyclic) bond motifs is 2. The SMILES string of the molecule is CCn1c(NC(=O)c2sc3nc(C)nc(C)c3c2C)nc2ccccc21. The van der Waals surface area contributed by atoms with Gasteiger partial charge in [0.05, 0.1) is 15.9 Å². The monoisotopic (exact) mass is 365 g/mol. The van der Waals surface area contributed by atoms with Gasteiger partial charge < -0.3 is 4.57 Å². The molecule has 4 rings (SSSR count). The molecule has 0 radical (unpaired) electrons. The molecule has 7 heteroatoms. The molecule has 0 atom stereocenters. The van der Waals surface area contributed by atoms with Crippen molar-refractivity contribution >= 4 is 44.4 Å². The van der Waals surface area contributed by atoms with Gasteiger partial charge in [-0.2, -0.15) is 0 Å². The summed E-state index contributed by atoms with van der Waals surface area (Å²) in [7, 11) is 0. The van der Waals surface area contributed by atoms with Crippen molar-refractivity contribution in [3.05, 3.63) is 46.2 Å². The van der Waals surface area contributed by atoms with E-state index < -0.39 is 0 Å². The van der Waals surface area contributed by atoms with E-state index in [4.69, 9.17) is 0 Å². The highest BCUT2D eigenvalue weighted by Gasteiger charge is 2.20. The number of amides is 1. The van der Waals surface area contributed by atoms with Crippen LogP contribution in [0.15, 0.2) is 24.3 Å². The molecule has 3 aromatic heterocycles. The topological polar surface area (TPSA) is 72.7 Å². The molecule has 6 nitrogen and oxygen atoms in total. The highest BCUT2D eigenvalue weighted by atomic mass is 32.1. The Morgan fingerprint density at radius 1 is 1.15 bits per heavy atom. The lowest BCUT2D eigenvalue weighted by molar-refractivity contribution is 0.102. The van der Waals surface area contributed by atoms with Crippen molar-refractivity contribution in [3.8, 4) is 0 Å². The van der Waals surface area contributed by atoms with Crippen molar-refractivity contribution in [2.24, 2.45) is 0 Å². The first-order valence-electron chi connectivity index (χ1n) is 8.50. The van der Waals surface area contributed by atoms with Crippen LogP contribution in [-0.2, 0) is 6.54 Å². The van der Waals surface area contributed by atoms with Crippen molar-refractivity contribution in [1.29, 1.82) is 0 Å². The predicted molar refractivity (Wildman–Crippen MR) is 105 cm³/mol. The maximum atomic E-state index is 12.9. The van der Waals surface area contributed by atoms with Gasteiger partial charge in [-0.1, -0.05) is 12.1 Å². The van der Waals surface area contributed by atoms with Crippen molar-refractivity contribution in [1.82, 2.24) is 19.5 Å². The summed E-state index contributed by atoms with van der Waals surface area (Å²) in [6.07, 6.45) is 0. The largest absolute Gasteiger partial charge is 0.310 e. The number of hydrogen-bond donors (Lipinski definition) is 1. The van der Waals surface area contributed by atoms with E-state index in [9.17, 15) is 4.79 Å². The van der Waals surface area contributed by atoms with Gasteiger partial charge in [-0.15, -0.1) is 11.3 Å². The van der Waals surface area contributed by atoms with Crippen LogP contribution in [-0.4, -0.2) is 25.4 Å². The normalized spacial score (nSPS) is 11.4. The van der Waals surface area contributed by atoms with Crippen LogP contribution >= 0.6 is 11.3 Å². The number of aromatic nitrogens is 4. The number of aryl methyl sites for hydroxylation is 4. The van der Waals surface area contributed by atoms with E-state index >= 15 is 0 Å². The minimum atomic E-state index is -0.160. The Labute approximate surface area is 154 Å². The second-order valence-electron chi connectivity index (χ2n) is 6.22. The first-order chi connectivity index (χ1) is 12.5. The van der Waals surface area contributed by atoms with Crippen LogP contribution in [0.3, 0.4) is 0 Å². The average Bonchev–Trinajstić information content (AvgIpc) is 3.11. The number of rotatable bonds is 3. The van der Waals surface area contributed by atoms with Gasteiger partial charge in [-0.3, -0.25) is 10.1 Å². The molecular weight excluding hydrogens is 346 g/mol. The van der Waals surface area contributed by atoms with Crippen molar-refractivity contribution in [2.75, 3.05) is 5.32 Å². The second kappa shape index (κ2) is 6.17. The van der Waals surface area contributed by atoms with E-state index in [0.717, 1.165) is 44.9 Å². The first kappa shape index (κ1) is 16.7. The molecule has 132 valence electrons. The zero-order valence-corrected chi connectivity index (χ0v) is 15.9. The van der Waals surface area contributed by atoms with Crippen molar-refractivity contribution in [2.45, 2.75) is 34.2 Å². The standard InChI is InChI=1S/C19H19N5OS/c1-5-24-14-9-7-6-8-13(14)22-19(24)23-17(25)16-10(2)15-11(3)20-12(4)21-18(15)26-16/h6-9H,5H2,1-4H3,(H,22,23,25). The number of nitrogens with zero attached hydrogens (tertiary/aromatic N) is 4. The quantitative estimate of drug-likeness (QED) is 0.589. The minimum Gasteiger partial charge on any atom is -0.310 e. The average molecular weight is 365 g/mol. The fraction of sp³-hybridized carbons (Fsp3) is 0.263. The summed E-state index contributed by atoms with van der Waals surface area (Å²) in [6, 6.07) is 7.88. The number of benzene rings is 1. The number of nitrogens with one attached hydrogen (secondary N) is 1. The third-order valence-corrected chi connectivity index (χ3v) is 5.67. The van der Waals surface area contributed by atoms with Crippen LogP contribution < -0.4 is 5.32 Å². The Bertz CT molecular complexity index is 1160. The fourth-order valence-electron chi connectivity index (χ4n) is 3.34. The molecule has 0 saturated heterocycles. The van der Waals surface area contributed by atoms with Crippen LogP contribution in [0.2, 0.25) is 0 Å². The molecule has 0 aliphatic rings. The number of thiophene rings is 1. The van der Waals surface area contributed by atoms with Gasteiger partial charge in [0.15, 0.2) is 0 Å². The van der Waals surface area contributed by atoms with E-state index in [1.807, 2.05) is 56.5 Å². The van der Waals surface area contributed by atoms with Crippen LogP contribution in [0.25, 0.3) is 21.3 Å². The van der Waals surface area contributed by atoms with Gasteiger partial charge in [0.2, 0.25) is 5.95 Å². The van der Waals surface area contributed by atoms with E-state index in [-0.39, 0.29) is 5.91 Å². The Morgan fingerprint density at radius 3 is 2.69 bits per heavy atom. The zero-order valence-electron chi connectivity index (χ0n) is 15.1. The van der Waals surface area contributed by atoms with Crippen LogP contribution in [0.5, 0.6) is 0 Å². The molecule has 26 heavy (non-hydrogen) atoms. The third kappa shape index (κ3) is 2.55. The smallest absolute Gasteiger partial charge is 0.268 e. The molecule has 0 unspecified atom stereocenters. The second-order valence-corrected chi connectivity index (χ2v) is 7.21. The van der Waals surface area contributed by atoms with Crippen LogP contribution in [0.4, 0.5) is 5.95 Å². The van der Waals surface area contributed by atoms with Crippen molar-refractivity contribution in [3.63, 3.8) is 0 Å². The number of imidazole rings is 1. The summed E-state index contributed by atoms with van der Waals surface area (Å²) in [5, 5.41) is 3.95. The van der Waals surface area contributed by atoms with Gasteiger partial charge in [0, 0.05) is 17.6 Å². The Morgan fingerprint density at radius 2 is 1.92 bits per heavy atom. The van der Waals surface area contributed by atoms with E-state index in [2.05, 4.69) is 20.3 Å². The molecule has 0 aliphatic carbocycles. The third-order valence-electron chi connectivity index (χ3n) is 4.49. The Hall–Kier alpha value is -2.80. The number of hydrogen-bond acceptors (Lipinski definition) is 5. The molecule has 1 amide bonds. The molecule has 4 aromatic rings. The fourth-order valence-corrected chi connectivity index (χ4v) is 4.51. The van der Waals surface area contributed by atoms with E-state index in [1.54, 1.807) is 0 Å². The lowest BCUT2D eigenvalue weighted by Crippen LogP contribution is -2.15. The minimum absolute atomic E-state index is 0.160. The maximum absolute atomic E-state index is 12.9. The number of anilines is 1. The summed E-state index contributed by atoms with van der Waals surface area (Å²) in [4.78, 5) is 27.9.